The van der Waals surface area contributed by atoms with Crippen molar-refractivity contribution in [2.75, 3.05) is 33.1 Å². The van der Waals surface area contributed by atoms with Crippen molar-refractivity contribution in [1.82, 2.24) is 19.6 Å². The van der Waals surface area contributed by atoms with Crippen LogP contribution in [-0.4, -0.2) is 67.7 Å². The fourth-order valence-corrected chi connectivity index (χ4v) is 3.26. The van der Waals surface area contributed by atoms with E-state index in [1.807, 2.05) is 0 Å². The molecule has 22 heavy (non-hydrogen) atoms. The summed E-state index contributed by atoms with van der Waals surface area (Å²) in [6, 6.07) is -0.356. The van der Waals surface area contributed by atoms with Crippen LogP contribution in [0.3, 0.4) is 0 Å². The molecular formula is C13H20N4O4S. The normalized spacial score (nSPS) is 22.0. The van der Waals surface area contributed by atoms with E-state index < -0.39 is 10.0 Å². The quantitative estimate of drug-likeness (QED) is 0.776. The van der Waals surface area contributed by atoms with Crippen molar-refractivity contribution in [2.24, 2.45) is 5.92 Å². The minimum Gasteiger partial charge on any atom is -0.379 e. The van der Waals surface area contributed by atoms with Gasteiger partial charge in [0, 0.05) is 26.2 Å². The lowest BCUT2D eigenvalue weighted by atomic mass is 10.1. The van der Waals surface area contributed by atoms with Gasteiger partial charge in [0.15, 0.2) is 0 Å². The second kappa shape index (κ2) is 6.67. The highest BCUT2D eigenvalue weighted by atomic mass is 32.2. The summed E-state index contributed by atoms with van der Waals surface area (Å²) in [7, 11) is -0.373. The van der Waals surface area contributed by atoms with Crippen LogP contribution in [0.2, 0.25) is 0 Å². The van der Waals surface area contributed by atoms with Gasteiger partial charge in [0.2, 0.25) is 10.0 Å². The van der Waals surface area contributed by atoms with Crippen molar-refractivity contribution in [3.8, 4) is 0 Å². The van der Waals surface area contributed by atoms with Crippen LogP contribution in [-0.2, 0) is 14.8 Å². The molecule has 2 heterocycles. The molecule has 9 heteroatoms. The maximum Gasteiger partial charge on any atom is 0.271 e. The number of hydrogen-bond donors (Lipinski definition) is 1. The molecule has 0 saturated carbocycles. The Kier molecular flexibility index (Phi) is 5.09. The number of nitrogens with zero attached hydrogens (tertiary/aromatic N) is 3. The van der Waals surface area contributed by atoms with Crippen LogP contribution < -0.4 is 5.32 Å². The standard InChI is InChI=1S/C13H20N4O4S/c1-9-4-15-11(5-14-9)13(18)16-12-7-21-6-10(12)8-22(19,20)17(2)3/h4-5,10,12H,6-8H2,1-3H3,(H,16,18)/t10-,12-/m0/s1. The van der Waals surface area contributed by atoms with Gasteiger partial charge in [0.1, 0.15) is 5.69 Å². The zero-order valence-corrected chi connectivity index (χ0v) is 13.6. The van der Waals surface area contributed by atoms with Gasteiger partial charge < -0.3 is 10.1 Å². The zero-order valence-electron chi connectivity index (χ0n) is 12.8. The molecule has 1 amide bonds. The Morgan fingerprint density at radius 2 is 2.09 bits per heavy atom. The first-order valence-electron chi connectivity index (χ1n) is 6.87. The van der Waals surface area contributed by atoms with E-state index in [2.05, 4.69) is 15.3 Å². The van der Waals surface area contributed by atoms with E-state index in [1.54, 1.807) is 6.92 Å². The lowest BCUT2D eigenvalue weighted by Gasteiger charge is -2.20. The second-order valence-electron chi connectivity index (χ2n) is 5.48. The van der Waals surface area contributed by atoms with Crippen LogP contribution in [0.25, 0.3) is 0 Å². The summed E-state index contributed by atoms with van der Waals surface area (Å²) in [4.78, 5) is 20.2. The number of aromatic nitrogens is 2. The average Bonchev–Trinajstić information content (AvgIpc) is 2.85. The number of amides is 1. The van der Waals surface area contributed by atoms with Gasteiger partial charge in [-0.25, -0.2) is 17.7 Å². The number of hydrogen-bond acceptors (Lipinski definition) is 6. The summed E-state index contributed by atoms with van der Waals surface area (Å²) in [6.07, 6.45) is 2.90. The molecule has 122 valence electrons. The van der Waals surface area contributed by atoms with Crippen molar-refractivity contribution in [2.45, 2.75) is 13.0 Å². The van der Waals surface area contributed by atoms with Crippen LogP contribution >= 0.6 is 0 Å². The third kappa shape index (κ3) is 3.99. The lowest BCUT2D eigenvalue weighted by molar-refractivity contribution is 0.0920. The first kappa shape index (κ1) is 16.8. The molecule has 1 aromatic heterocycles. The largest absolute Gasteiger partial charge is 0.379 e. The monoisotopic (exact) mass is 328 g/mol. The summed E-state index contributed by atoms with van der Waals surface area (Å²) in [5, 5.41) is 2.78. The predicted octanol–water partition coefficient (Wildman–Crippen LogP) is -0.579. The highest BCUT2D eigenvalue weighted by Gasteiger charge is 2.34. The molecule has 8 nitrogen and oxygen atoms in total. The number of carbonyl (C=O) groups is 1. The van der Waals surface area contributed by atoms with Crippen LogP contribution in [0, 0.1) is 12.8 Å². The highest BCUT2D eigenvalue weighted by Crippen LogP contribution is 2.17. The summed E-state index contributed by atoms with van der Waals surface area (Å²) in [5.41, 5.74) is 0.919. The third-order valence-electron chi connectivity index (χ3n) is 3.51. The Hall–Kier alpha value is -1.58. The summed E-state index contributed by atoms with van der Waals surface area (Å²) in [5.74, 6) is -0.727. The molecule has 2 rings (SSSR count). The minimum atomic E-state index is -3.35. The fourth-order valence-electron chi connectivity index (χ4n) is 2.09. The van der Waals surface area contributed by atoms with Crippen molar-refractivity contribution in [3.63, 3.8) is 0 Å². The summed E-state index contributed by atoms with van der Waals surface area (Å²) in [6.45, 7) is 2.37. The topological polar surface area (TPSA) is 101 Å². The molecule has 0 aliphatic carbocycles. The predicted molar refractivity (Wildman–Crippen MR) is 79.8 cm³/mol. The number of nitrogens with one attached hydrogen (secondary N) is 1. The van der Waals surface area contributed by atoms with Crippen LogP contribution in [0.5, 0.6) is 0 Å². The molecule has 1 aromatic rings. The van der Waals surface area contributed by atoms with Gasteiger partial charge in [-0.15, -0.1) is 0 Å². The molecule has 0 radical (unpaired) electrons. The SMILES string of the molecule is Cc1cnc(C(=O)N[C@H]2COC[C@H]2CS(=O)(=O)N(C)C)cn1. The molecule has 0 unspecified atom stereocenters. The number of sulfonamides is 1. The molecule has 1 fully saturated rings. The van der Waals surface area contributed by atoms with E-state index in [-0.39, 0.29) is 29.3 Å². The smallest absolute Gasteiger partial charge is 0.271 e. The van der Waals surface area contributed by atoms with Crippen LogP contribution in [0.15, 0.2) is 12.4 Å². The third-order valence-corrected chi connectivity index (χ3v) is 5.47. The maximum atomic E-state index is 12.1. The van der Waals surface area contributed by atoms with Crippen molar-refractivity contribution >= 4 is 15.9 Å². The van der Waals surface area contributed by atoms with Crippen molar-refractivity contribution in [3.05, 3.63) is 23.8 Å². The molecule has 1 aliphatic rings. The van der Waals surface area contributed by atoms with Gasteiger partial charge in [-0.05, 0) is 6.92 Å². The number of ether oxygens (including phenoxy) is 1. The molecule has 0 bridgehead atoms. The van der Waals surface area contributed by atoms with Gasteiger partial charge in [-0.2, -0.15) is 0 Å². The fraction of sp³-hybridized carbons (Fsp3) is 0.615. The number of aryl methyl sites for hydroxylation is 1. The van der Waals surface area contributed by atoms with E-state index in [9.17, 15) is 13.2 Å². The van der Waals surface area contributed by atoms with Gasteiger partial charge in [-0.3, -0.25) is 9.78 Å². The lowest BCUT2D eigenvalue weighted by Crippen LogP contribution is -2.43. The average molecular weight is 328 g/mol. The second-order valence-corrected chi connectivity index (χ2v) is 7.71. The van der Waals surface area contributed by atoms with E-state index in [0.29, 0.717) is 13.2 Å². The first-order valence-corrected chi connectivity index (χ1v) is 8.48. The van der Waals surface area contributed by atoms with Crippen molar-refractivity contribution in [1.29, 1.82) is 0 Å². The maximum absolute atomic E-state index is 12.1. The van der Waals surface area contributed by atoms with Crippen LogP contribution in [0.4, 0.5) is 0 Å². The Balaban J connectivity index is 2.02. The van der Waals surface area contributed by atoms with Gasteiger partial charge in [0.25, 0.3) is 5.91 Å². The molecule has 0 spiro atoms. The van der Waals surface area contributed by atoms with E-state index >= 15 is 0 Å². The van der Waals surface area contributed by atoms with E-state index in [1.165, 1.54) is 30.8 Å². The van der Waals surface area contributed by atoms with Gasteiger partial charge in [0.05, 0.1) is 36.9 Å². The Morgan fingerprint density at radius 1 is 1.36 bits per heavy atom. The zero-order chi connectivity index (χ0) is 16.3. The summed E-state index contributed by atoms with van der Waals surface area (Å²) >= 11 is 0. The molecule has 0 aromatic carbocycles. The van der Waals surface area contributed by atoms with E-state index in [4.69, 9.17) is 4.74 Å². The van der Waals surface area contributed by atoms with Crippen LogP contribution in [0.1, 0.15) is 16.2 Å². The molecule has 1 saturated heterocycles. The molecule has 1 N–H and O–H groups in total. The first-order chi connectivity index (χ1) is 10.3. The minimum absolute atomic E-state index is 0.0650. The molecular weight excluding hydrogens is 308 g/mol. The number of rotatable bonds is 5. The van der Waals surface area contributed by atoms with Gasteiger partial charge >= 0.3 is 0 Å². The highest BCUT2D eigenvalue weighted by molar-refractivity contribution is 7.89. The Morgan fingerprint density at radius 3 is 2.68 bits per heavy atom. The molecule has 2 atom stereocenters. The van der Waals surface area contributed by atoms with Crippen molar-refractivity contribution < 1.29 is 17.9 Å². The number of carbonyl (C=O) groups excluding carboxylic acids is 1. The van der Waals surface area contributed by atoms with E-state index in [0.717, 1.165) is 5.69 Å². The summed E-state index contributed by atoms with van der Waals surface area (Å²) < 4.78 is 30.4. The Labute approximate surface area is 129 Å². The molecule has 1 aliphatic heterocycles. The Bertz CT molecular complexity index is 630. The van der Waals surface area contributed by atoms with Gasteiger partial charge in [-0.1, -0.05) is 0 Å².